The Morgan fingerprint density at radius 1 is 0.846 bits per heavy atom. The van der Waals surface area contributed by atoms with E-state index < -0.39 is 16.1 Å². The molecule has 3 rings (SSSR count). The van der Waals surface area contributed by atoms with Crippen molar-refractivity contribution >= 4 is 26.0 Å². The first kappa shape index (κ1) is 18.8. The van der Waals surface area contributed by atoms with E-state index in [4.69, 9.17) is 0 Å². The zero-order valence-electron chi connectivity index (χ0n) is 14.0. The molecule has 0 amide bonds. The molecule has 1 unspecified atom stereocenters. The van der Waals surface area contributed by atoms with Crippen molar-refractivity contribution in [2.24, 2.45) is 0 Å². The molecule has 6 heteroatoms. The maximum absolute atomic E-state index is 13.4. The molecule has 0 heterocycles. The molecule has 0 aliphatic heterocycles. The van der Waals surface area contributed by atoms with Crippen LogP contribution in [0.1, 0.15) is 17.2 Å². The lowest BCUT2D eigenvalue weighted by Gasteiger charge is -2.28. The summed E-state index contributed by atoms with van der Waals surface area (Å²) in [5.41, 5.74) is 1.50. The first-order valence-corrected chi connectivity index (χ1v) is 10.2. The van der Waals surface area contributed by atoms with Crippen LogP contribution in [0.3, 0.4) is 0 Å². The van der Waals surface area contributed by atoms with Gasteiger partial charge in [-0.15, -0.1) is 0 Å². The van der Waals surface area contributed by atoms with Gasteiger partial charge in [0.25, 0.3) is 0 Å². The Kier molecular flexibility index (Phi) is 5.55. The molecule has 0 saturated heterocycles. The van der Waals surface area contributed by atoms with Crippen LogP contribution in [0.2, 0.25) is 0 Å². The second-order valence-electron chi connectivity index (χ2n) is 5.84. The molecule has 0 spiro atoms. The molecule has 0 aliphatic carbocycles. The van der Waals surface area contributed by atoms with Crippen molar-refractivity contribution in [1.29, 1.82) is 0 Å². The van der Waals surface area contributed by atoms with Crippen molar-refractivity contribution in [2.45, 2.75) is 10.9 Å². The molecular formula is C20H17BrFNO2S. The maximum atomic E-state index is 13.4. The van der Waals surface area contributed by atoms with Gasteiger partial charge in [0, 0.05) is 11.5 Å². The number of rotatable bonds is 5. The molecular weight excluding hydrogens is 417 g/mol. The Balaban J connectivity index is 2.09. The van der Waals surface area contributed by atoms with Crippen LogP contribution in [-0.4, -0.2) is 19.8 Å². The van der Waals surface area contributed by atoms with E-state index in [2.05, 4.69) is 15.9 Å². The standard InChI is InChI=1S/C20H17BrFNO2S/c1-23(26(24,25)19-13-9-17(21)10-14-19)20(15-5-3-2-4-6-15)16-7-11-18(22)12-8-16/h2-14,20H,1H3. The topological polar surface area (TPSA) is 37.4 Å². The highest BCUT2D eigenvalue weighted by Crippen LogP contribution is 2.32. The SMILES string of the molecule is CN(C(c1ccccc1)c1ccc(F)cc1)S(=O)(=O)c1ccc(Br)cc1. The summed E-state index contributed by atoms with van der Waals surface area (Å²) < 4.78 is 41.7. The highest BCUT2D eigenvalue weighted by molar-refractivity contribution is 9.10. The molecule has 0 aliphatic rings. The maximum Gasteiger partial charge on any atom is 0.243 e. The Morgan fingerprint density at radius 3 is 1.96 bits per heavy atom. The minimum atomic E-state index is -3.74. The summed E-state index contributed by atoms with van der Waals surface area (Å²) in [6.45, 7) is 0. The summed E-state index contributed by atoms with van der Waals surface area (Å²) >= 11 is 3.31. The summed E-state index contributed by atoms with van der Waals surface area (Å²) in [5.74, 6) is -0.362. The highest BCUT2D eigenvalue weighted by atomic mass is 79.9. The third-order valence-corrected chi connectivity index (χ3v) is 6.52. The van der Waals surface area contributed by atoms with Crippen LogP contribution < -0.4 is 0 Å². The van der Waals surface area contributed by atoms with Crippen molar-refractivity contribution in [1.82, 2.24) is 4.31 Å². The van der Waals surface area contributed by atoms with E-state index in [1.165, 1.54) is 16.4 Å². The van der Waals surface area contributed by atoms with Gasteiger partial charge in [0.05, 0.1) is 10.9 Å². The summed E-state index contributed by atoms with van der Waals surface area (Å²) in [6, 6.07) is 21.1. The molecule has 0 N–H and O–H groups in total. The summed E-state index contributed by atoms with van der Waals surface area (Å²) in [6.07, 6.45) is 0. The van der Waals surface area contributed by atoms with Crippen molar-refractivity contribution in [3.05, 3.63) is 100 Å². The fourth-order valence-corrected chi connectivity index (χ4v) is 4.40. The molecule has 0 radical (unpaired) electrons. The van der Waals surface area contributed by atoms with Gasteiger partial charge in [-0.3, -0.25) is 0 Å². The lowest BCUT2D eigenvalue weighted by atomic mass is 9.99. The molecule has 3 nitrogen and oxygen atoms in total. The number of benzene rings is 3. The van der Waals surface area contributed by atoms with Crippen molar-refractivity contribution in [3.63, 3.8) is 0 Å². The number of nitrogens with zero attached hydrogens (tertiary/aromatic N) is 1. The molecule has 134 valence electrons. The largest absolute Gasteiger partial charge is 0.243 e. The normalized spacial score (nSPS) is 12.9. The van der Waals surface area contributed by atoms with Crippen LogP contribution >= 0.6 is 15.9 Å². The predicted octanol–water partition coefficient (Wildman–Crippen LogP) is 5.00. The fraction of sp³-hybridized carbons (Fsp3) is 0.100. The molecule has 0 bridgehead atoms. The average Bonchev–Trinajstić information content (AvgIpc) is 2.64. The number of halogens is 2. The van der Waals surface area contributed by atoms with Gasteiger partial charge in [0.2, 0.25) is 10.0 Å². The minimum absolute atomic E-state index is 0.200. The molecule has 0 aromatic heterocycles. The second-order valence-corrected chi connectivity index (χ2v) is 8.75. The van der Waals surface area contributed by atoms with Gasteiger partial charge in [-0.25, -0.2) is 12.8 Å². The van der Waals surface area contributed by atoms with E-state index in [1.54, 1.807) is 43.4 Å². The Labute approximate surface area is 161 Å². The Morgan fingerprint density at radius 2 is 1.38 bits per heavy atom. The van der Waals surface area contributed by atoms with E-state index >= 15 is 0 Å². The van der Waals surface area contributed by atoms with Gasteiger partial charge in [0.15, 0.2) is 0 Å². The first-order valence-electron chi connectivity index (χ1n) is 7.93. The summed E-state index contributed by atoms with van der Waals surface area (Å²) in [4.78, 5) is 0.200. The van der Waals surface area contributed by atoms with Crippen LogP contribution in [0.25, 0.3) is 0 Å². The molecule has 3 aromatic rings. The third kappa shape index (κ3) is 3.87. The fourth-order valence-electron chi connectivity index (χ4n) is 2.80. The van der Waals surface area contributed by atoms with Gasteiger partial charge < -0.3 is 0 Å². The quantitative estimate of drug-likeness (QED) is 0.567. The van der Waals surface area contributed by atoms with E-state index in [9.17, 15) is 12.8 Å². The smallest absolute Gasteiger partial charge is 0.207 e. The van der Waals surface area contributed by atoms with Gasteiger partial charge >= 0.3 is 0 Å². The lowest BCUT2D eigenvalue weighted by molar-refractivity contribution is 0.417. The summed E-state index contributed by atoms with van der Waals surface area (Å²) in [5, 5.41) is 0. The van der Waals surface area contributed by atoms with Crippen LogP contribution in [0.5, 0.6) is 0 Å². The van der Waals surface area contributed by atoms with Crippen LogP contribution in [0.4, 0.5) is 4.39 Å². The lowest BCUT2D eigenvalue weighted by Crippen LogP contribution is -2.32. The van der Waals surface area contributed by atoms with Crippen molar-refractivity contribution in [2.75, 3.05) is 7.05 Å². The Bertz CT molecular complexity index is 975. The van der Waals surface area contributed by atoms with E-state index in [0.29, 0.717) is 5.56 Å². The Hall–Kier alpha value is -2.02. The van der Waals surface area contributed by atoms with Crippen LogP contribution in [0.15, 0.2) is 88.2 Å². The number of hydrogen-bond acceptors (Lipinski definition) is 2. The zero-order valence-corrected chi connectivity index (χ0v) is 16.4. The van der Waals surface area contributed by atoms with Gasteiger partial charge in [-0.1, -0.05) is 58.4 Å². The number of hydrogen-bond donors (Lipinski definition) is 0. The molecule has 0 fully saturated rings. The molecule has 26 heavy (non-hydrogen) atoms. The zero-order chi connectivity index (χ0) is 18.7. The summed E-state index contributed by atoms with van der Waals surface area (Å²) in [7, 11) is -2.20. The first-order chi connectivity index (χ1) is 12.4. The number of sulfonamides is 1. The van der Waals surface area contributed by atoms with E-state index in [1.807, 2.05) is 30.3 Å². The highest BCUT2D eigenvalue weighted by Gasteiger charge is 2.30. The predicted molar refractivity (Wildman–Crippen MR) is 104 cm³/mol. The van der Waals surface area contributed by atoms with Crippen molar-refractivity contribution in [3.8, 4) is 0 Å². The third-order valence-electron chi connectivity index (χ3n) is 4.16. The molecule has 0 saturated carbocycles. The second kappa shape index (κ2) is 7.70. The van der Waals surface area contributed by atoms with Gasteiger partial charge in [-0.05, 0) is 47.5 Å². The van der Waals surface area contributed by atoms with Gasteiger partial charge in [-0.2, -0.15) is 4.31 Å². The molecule has 3 aromatic carbocycles. The van der Waals surface area contributed by atoms with Crippen LogP contribution in [0, 0.1) is 5.82 Å². The van der Waals surface area contributed by atoms with Gasteiger partial charge in [0.1, 0.15) is 5.82 Å². The van der Waals surface area contributed by atoms with Crippen LogP contribution in [-0.2, 0) is 10.0 Å². The monoisotopic (exact) mass is 433 g/mol. The molecule has 1 atom stereocenters. The van der Waals surface area contributed by atoms with Crippen molar-refractivity contribution < 1.29 is 12.8 Å². The van der Waals surface area contributed by atoms with E-state index in [-0.39, 0.29) is 10.7 Å². The minimum Gasteiger partial charge on any atom is -0.207 e. The average molecular weight is 434 g/mol. The van der Waals surface area contributed by atoms with E-state index in [0.717, 1.165) is 10.0 Å².